The van der Waals surface area contributed by atoms with Crippen molar-refractivity contribution in [3.63, 3.8) is 0 Å². The topological polar surface area (TPSA) is 12.0 Å². The first-order valence-electron chi connectivity index (χ1n) is 7.69. The second-order valence-corrected chi connectivity index (χ2v) is 5.85. The highest BCUT2D eigenvalue weighted by Crippen LogP contribution is 2.30. The van der Waals surface area contributed by atoms with Gasteiger partial charge in [0.25, 0.3) is 0 Å². The molecule has 0 saturated heterocycles. The van der Waals surface area contributed by atoms with Gasteiger partial charge in [0.05, 0.1) is 6.04 Å². The molecule has 2 atom stereocenters. The average molecular weight is 273 g/mol. The van der Waals surface area contributed by atoms with Gasteiger partial charge in [-0.2, -0.15) is 0 Å². The van der Waals surface area contributed by atoms with Crippen molar-refractivity contribution in [3.05, 3.63) is 83.5 Å². The van der Waals surface area contributed by atoms with Crippen LogP contribution in [0.3, 0.4) is 0 Å². The van der Waals surface area contributed by atoms with Crippen molar-refractivity contribution >= 4 is 11.8 Å². The summed E-state index contributed by atoms with van der Waals surface area (Å²) in [5, 5.41) is 3.69. The Morgan fingerprint density at radius 1 is 1.00 bits per heavy atom. The van der Waals surface area contributed by atoms with Crippen molar-refractivity contribution in [1.29, 1.82) is 0 Å². The Morgan fingerprint density at radius 3 is 3.00 bits per heavy atom. The molecule has 1 heteroatoms. The van der Waals surface area contributed by atoms with Crippen molar-refractivity contribution in [3.8, 4) is 0 Å². The summed E-state index contributed by atoms with van der Waals surface area (Å²) in [6, 6.07) is 7.08. The van der Waals surface area contributed by atoms with Gasteiger partial charge < -0.3 is 5.32 Å². The monoisotopic (exact) mass is 273 g/mol. The fourth-order valence-electron chi connectivity index (χ4n) is 3.33. The first-order chi connectivity index (χ1) is 10.4. The molecule has 0 aliphatic heterocycles. The third-order valence-electron chi connectivity index (χ3n) is 4.45. The van der Waals surface area contributed by atoms with Gasteiger partial charge in [-0.3, -0.25) is 0 Å². The molecule has 0 radical (unpaired) electrons. The SMILES string of the molecule is C1=CC2=CC=CC(Nc3ccc4c(c3)CCC=C4)C2C=C1. The first kappa shape index (κ1) is 12.5. The molecule has 0 spiro atoms. The van der Waals surface area contributed by atoms with Crippen LogP contribution in [0.5, 0.6) is 0 Å². The Kier molecular flexibility index (Phi) is 3.11. The molecule has 1 aromatic carbocycles. The van der Waals surface area contributed by atoms with E-state index in [-0.39, 0.29) is 0 Å². The predicted molar refractivity (Wildman–Crippen MR) is 90.2 cm³/mol. The standard InChI is InChI=1S/C20H19N/c1-2-8-17-14-18(13-12-15(17)6-1)21-20-11-5-9-16-7-3-4-10-19(16)20/h1,3-7,9-14,19-21H,2,8H2. The summed E-state index contributed by atoms with van der Waals surface area (Å²) in [4.78, 5) is 0. The molecule has 1 nitrogen and oxygen atoms in total. The second-order valence-electron chi connectivity index (χ2n) is 5.85. The predicted octanol–water partition coefficient (Wildman–Crippen LogP) is 4.66. The van der Waals surface area contributed by atoms with Gasteiger partial charge in [-0.15, -0.1) is 0 Å². The molecule has 1 N–H and O–H groups in total. The number of allylic oxidation sites excluding steroid dienone is 6. The van der Waals surface area contributed by atoms with Crippen LogP contribution in [0.25, 0.3) is 6.08 Å². The third-order valence-corrected chi connectivity index (χ3v) is 4.45. The van der Waals surface area contributed by atoms with Crippen molar-refractivity contribution in [1.82, 2.24) is 0 Å². The molecule has 0 fully saturated rings. The van der Waals surface area contributed by atoms with E-state index in [0.717, 1.165) is 12.8 Å². The van der Waals surface area contributed by atoms with Gasteiger partial charge in [0.15, 0.2) is 0 Å². The van der Waals surface area contributed by atoms with Gasteiger partial charge in [0, 0.05) is 11.6 Å². The zero-order valence-electron chi connectivity index (χ0n) is 12.0. The minimum Gasteiger partial charge on any atom is -0.378 e. The third kappa shape index (κ3) is 2.40. The lowest BCUT2D eigenvalue weighted by atomic mass is 9.84. The van der Waals surface area contributed by atoms with Crippen LogP contribution in [0.15, 0.2) is 72.4 Å². The number of rotatable bonds is 2. The molecule has 2 unspecified atom stereocenters. The molecule has 3 aliphatic rings. The van der Waals surface area contributed by atoms with Crippen LogP contribution >= 0.6 is 0 Å². The van der Waals surface area contributed by atoms with Crippen molar-refractivity contribution in [2.75, 3.05) is 5.32 Å². The molecule has 0 saturated carbocycles. The summed E-state index contributed by atoms with van der Waals surface area (Å²) in [7, 11) is 0. The van der Waals surface area contributed by atoms with Crippen LogP contribution in [0, 0.1) is 5.92 Å². The van der Waals surface area contributed by atoms with E-state index in [2.05, 4.69) is 78.2 Å². The van der Waals surface area contributed by atoms with Crippen molar-refractivity contribution in [2.24, 2.45) is 5.92 Å². The second kappa shape index (κ2) is 5.25. The molecular weight excluding hydrogens is 254 g/mol. The Hall–Kier alpha value is -2.28. The number of anilines is 1. The molecule has 3 aliphatic carbocycles. The van der Waals surface area contributed by atoms with E-state index >= 15 is 0 Å². The molecule has 0 aromatic heterocycles. The number of hydrogen-bond acceptors (Lipinski definition) is 1. The highest BCUT2D eigenvalue weighted by Gasteiger charge is 2.22. The van der Waals surface area contributed by atoms with Gasteiger partial charge in [-0.25, -0.2) is 0 Å². The summed E-state index contributed by atoms with van der Waals surface area (Å²) >= 11 is 0. The van der Waals surface area contributed by atoms with E-state index in [4.69, 9.17) is 0 Å². The molecule has 0 bridgehead atoms. The minimum atomic E-state index is 0.336. The van der Waals surface area contributed by atoms with Crippen LogP contribution in [-0.2, 0) is 6.42 Å². The average Bonchev–Trinajstić information content (AvgIpc) is 2.55. The number of hydrogen-bond donors (Lipinski definition) is 1. The molecule has 0 heterocycles. The Labute approximate surface area is 126 Å². The van der Waals surface area contributed by atoms with Crippen molar-refractivity contribution in [2.45, 2.75) is 18.9 Å². The lowest BCUT2D eigenvalue weighted by Crippen LogP contribution is -2.29. The summed E-state index contributed by atoms with van der Waals surface area (Å²) in [5.41, 5.74) is 5.44. The lowest BCUT2D eigenvalue weighted by molar-refractivity contribution is 0.695. The fourth-order valence-corrected chi connectivity index (χ4v) is 3.33. The van der Waals surface area contributed by atoms with E-state index in [1.165, 1.54) is 22.4 Å². The minimum absolute atomic E-state index is 0.336. The van der Waals surface area contributed by atoms with Crippen LogP contribution in [0.1, 0.15) is 17.5 Å². The summed E-state index contributed by atoms with van der Waals surface area (Å²) < 4.78 is 0. The summed E-state index contributed by atoms with van der Waals surface area (Å²) in [6.45, 7) is 0. The molecule has 1 aromatic rings. The normalized spacial score (nSPS) is 25.2. The van der Waals surface area contributed by atoms with E-state index in [1.54, 1.807) is 0 Å². The maximum atomic E-state index is 3.69. The maximum absolute atomic E-state index is 3.69. The van der Waals surface area contributed by atoms with E-state index in [1.807, 2.05) is 0 Å². The molecule has 0 amide bonds. The zero-order valence-corrected chi connectivity index (χ0v) is 12.0. The van der Waals surface area contributed by atoms with Crippen LogP contribution in [-0.4, -0.2) is 6.04 Å². The molecule has 4 rings (SSSR count). The Balaban J connectivity index is 1.58. The number of benzene rings is 1. The number of aryl methyl sites for hydroxylation is 1. The van der Waals surface area contributed by atoms with E-state index in [0.29, 0.717) is 12.0 Å². The largest absolute Gasteiger partial charge is 0.378 e. The van der Waals surface area contributed by atoms with E-state index < -0.39 is 0 Å². The lowest BCUT2D eigenvalue weighted by Gasteiger charge is -2.29. The van der Waals surface area contributed by atoms with Gasteiger partial charge in [-0.05, 0) is 41.7 Å². The maximum Gasteiger partial charge on any atom is 0.0550 e. The fraction of sp³-hybridized carbons (Fsp3) is 0.200. The van der Waals surface area contributed by atoms with E-state index in [9.17, 15) is 0 Å². The van der Waals surface area contributed by atoms with Gasteiger partial charge >= 0.3 is 0 Å². The highest BCUT2D eigenvalue weighted by atomic mass is 14.9. The van der Waals surface area contributed by atoms with Crippen LogP contribution in [0.2, 0.25) is 0 Å². The Morgan fingerprint density at radius 2 is 2.00 bits per heavy atom. The van der Waals surface area contributed by atoms with Gasteiger partial charge in [0.2, 0.25) is 0 Å². The quantitative estimate of drug-likeness (QED) is 0.826. The zero-order chi connectivity index (χ0) is 14.1. The first-order valence-corrected chi connectivity index (χ1v) is 7.69. The smallest absolute Gasteiger partial charge is 0.0550 e. The highest BCUT2D eigenvalue weighted by molar-refractivity contribution is 5.62. The molecule has 21 heavy (non-hydrogen) atoms. The summed E-state index contributed by atoms with van der Waals surface area (Å²) in [6.07, 6.45) is 22.2. The van der Waals surface area contributed by atoms with Gasteiger partial charge in [-0.1, -0.05) is 60.8 Å². The summed E-state index contributed by atoms with van der Waals surface area (Å²) in [5.74, 6) is 0.441. The number of nitrogens with one attached hydrogen (secondary N) is 1. The van der Waals surface area contributed by atoms with Gasteiger partial charge in [0.1, 0.15) is 0 Å². The van der Waals surface area contributed by atoms with Crippen LogP contribution < -0.4 is 5.32 Å². The Bertz CT molecular complexity index is 701. The molecule has 104 valence electrons. The number of fused-ring (bicyclic) bond motifs is 2. The molecular formula is C20H19N. The van der Waals surface area contributed by atoms with Crippen molar-refractivity contribution < 1.29 is 0 Å². The van der Waals surface area contributed by atoms with Crippen LogP contribution in [0.4, 0.5) is 5.69 Å².